The van der Waals surface area contributed by atoms with Crippen molar-refractivity contribution in [2.45, 2.75) is 0 Å². The van der Waals surface area contributed by atoms with Crippen LogP contribution in [0.3, 0.4) is 0 Å². The molecule has 3 rings (SSSR count). The molecule has 1 amide bonds. The average Bonchev–Trinajstić information content (AvgIpc) is 3.20. The molecule has 28 heavy (non-hydrogen) atoms. The molecule has 3 aromatic rings. The maximum absolute atomic E-state index is 12.6. The van der Waals surface area contributed by atoms with Gasteiger partial charge in [0.1, 0.15) is 5.75 Å². The summed E-state index contributed by atoms with van der Waals surface area (Å²) in [6.07, 6.45) is 1.58. The first-order valence-electron chi connectivity index (χ1n) is 8.47. The van der Waals surface area contributed by atoms with Crippen LogP contribution in [0.25, 0.3) is 11.3 Å². The number of hydrogen-bond donors (Lipinski definition) is 1. The van der Waals surface area contributed by atoms with E-state index in [1.54, 1.807) is 6.08 Å². The van der Waals surface area contributed by atoms with Crippen LogP contribution in [0.1, 0.15) is 10.4 Å². The molecule has 2 aromatic carbocycles. The van der Waals surface area contributed by atoms with Crippen LogP contribution >= 0.6 is 11.3 Å². The van der Waals surface area contributed by atoms with Crippen LogP contribution in [-0.4, -0.2) is 35.1 Å². The molecule has 0 saturated carbocycles. The van der Waals surface area contributed by atoms with E-state index < -0.39 is 18.5 Å². The molecule has 0 atom stereocenters. The molecule has 142 valence electrons. The normalized spacial score (nSPS) is 10.3. The van der Waals surface area contributed by atoms with Gasteiger partial charge in [0.15, 0.2) is 11.7 Å². The fourth-order valence-electron chi connectivity index (χ4n) is 2.47. The van der Waals surface area contributed by atoms with Crippen LogP contribution in [0, 0.1) is 0 Å². The zero-order valence-electron chi connectivity index (χ0n) is 14.9. The topological polar surface area (TPSA) is 79.7 Å². The van der Waals surface area contributed by atoms with Crippen LogP contribution in [0.15, 0.2) is 72.6 Å². The summed E-state index contributed by atoms with van der Waals surface area (Å²) in [5.74, 6) is -1.15. The van der Waals surface area contributed by atoms with E-state index in [0.29, 0.717) is 5.13 Å². The van der Waals surface area contributed by atoms with Crippen LogP contribution in [-0.2, 0) is 9.53 Å². The molecule has 1 N–H and O–H groups in total. The lowest BCUT2D eigenvalue weighted by Crippen LogP contribution is -2.34. The summed E-state index contributed by atoms with van der Waals surface area (Å²) in [5.41, 5.74) is 1.88. The van der Waals surface area contributed by atoms with Gasteiger partial charge in [-0.05, 0) is 18.2 Å². The van der Waals surface area contributed by atoms with Gasteiger partial charge >= 0.3 is 5.97 Å². The molecule has 1 aromatic heterocycles. The van der Waals surface area contributed by atoms with Gasteiger partial charge < -0.3 is 9.84 Å². The number of rotatable bonds is 7. The monoisotopic (exact) mass is 394 g/mol. The minimum absolute atomic E-state index is 0.0507. The van der Waals surface area contributed by atoms with Crippen LogP contribution in [0.4, 0.5) is 5.13 Å². The number of phenolic OH excluding ortho intramolecular Hbond substituents is 1. The van der Waals surface area contributed by atoms with E-state index in [2.05, 4.69) is 11.6 Å². The number of hydrogen-bond acceptors (Lipinski definition) is 6. The predicted molar refractivity (Wildman–Crippen MR) is 108 cm³/mol. The molecular formula is C21H18N2O4S. The smallest absolute Gasteiger partial charge is 0.338 e. The number of aromatic hydroxyl groups is 1. The third-order valence-corrected chi connectivity index (χ3v) is 4.68. The van der Waals surface area contributed by atoms with Gasteiger partial charge in [0.25, 0.3) is 5.91 Å². The maximum atomic E-state index is 12.6. The summed E-state index contributed by atoms with van der Waals surface area (Å²) in [6, 6.07) is 15.4. The second-order valence-electron chi connectivity index (χ2n) is 5.80. The van der Waals surface area contributed by atoms with Crippen molar-refractivity contribution in [2.75, 3.05) is 18.1 Å². The van der Waals surface area contributed by atoms with Crippen molar-refractivity contribution in [3.63, 3.8) is 0 Å². The van der Waals surface area contributed by atoms with E-state index in [4.69, 9.17) is 4.74 Å². The lowest BCUT2D eigenvalue weighted by Gasteiger charge is -2.17. The van der Waals surface area contributed by atoms with E-state index in [1.165, 1.54) is 40.5 Å². The number of thiazole rings is 1. The highest BCUT2D eigenvalue weighted by Crippen LogP contribution is 2.27. The van der Waals surface area contributed by atoms with E-state index in [0.717, 1.165) is 11.3 Å². The van der Waals surface area contributed by atoms with Gasteiger partial charge in [-0.1, -0.05) is 42.5 Å². The summed E-state index contributed by atoms with van der Waals surface area (Å²) in [7, 11) is 0. The number of phenols is 1. The molecule has 1 heterocycles. The molecule has 0 bridgehead atoms. The van der Waals surface area contributed by atoms with Gasteiger partial charge in [0.05, 0.1) is 11.3 Å². The third kappa shape index (κ3) is 4.63. The number of aromatic nitrogens is 1. The summed E-state index contributed by atoms with van der Waals surface area (Å²) < 4.78 is 5.09. The predicted octanol–water partition coefficient (Wildman–Crippen LogP) is 3.89. The first-order chi connectivity index (χ1) is 13.6. The maximum Gasteiger partial charge on any atom is 0.338 e. The molecule has 6 nitrogen and oxygen atoms in total. The van der Waals surface area contributed by atoms with Gasteiger partial charge in [-0.15, -0.1) is 17.9 Å². The van der Waals surface area contributed by atoms with Crippen LogP contribution in [0.2, 0.25) is 0 Å². The quantitative estimate of drug-likeness (QED) is 0.486. The minimum Gasteiger partial charge on any atom is -0.508 e. The molecule has 7 heteroatoms. The first kappa shape index (κ1) is 19.3. The molecule has 0 fully saturated rings. The Balaban J connectivity index is 1.70. The van der Waals surface area contributed by atoms with Crippen molar-refractivity contribution in [1.29, 1.82) is 0 Å². The molecule has 0 aliphatic heterocycles. The first-order valence-corrected chi connectivity index (χ1v) is 9.35. The number of amides is 1. The SMILES string of the molecule is C=CCN(C(=O)COC(=O)c1cccc(O)c1)c1nc(-c2ccccc2)cs1. The molecule has 0 unspecified atom stereocenters. The second-order valence-corrected chi connectivity index (χ2v) is 6.64. The number of ether oxygens (including phenoxy) is 1. The van der Waals surface area contributed by atoms with Gasteiger partial charge in [0.2, 0.25) is 0 Å². The number of esters is 1. The Morgan fingerprint density at radius 3 is 2.68 bits per heavy atom. The second kappa shape index (κ2) is 8.96. The van der Waals surface area contributed by atoms with Crippen molar-refractivity contribution >= 4 is 28.3 Å². The number of carbonyl (C=O) groups excluding carboxylic acids is 2. The Labute approximate surface area is 166 Å². The standard InChI is InChI=1S/C21H18N2O4S/c1-2-11-23(21-22-18(14-28-21)15-7-4-3-5-8-15)19(25)13-27-20(26)16-9-6-10-17(24)12-16/h2-10,12,14,24H,1,11,13H2. The van der Waals surface area contributed by atoms with Crippen molar-refractivity contribution in [3.05, 3.63) is 78.2 Å². The average molecular weight is 394 g/mol. The highest BCUT2D eigenvalue weighted by molar-refractivity contribution is 7.14. The molecular weight excluding hydrogens is 376 g/mol. The Bertz CT molecular complexity index is 985. The molecule has 0 saturated heterocycles. The summed E-state index contributed by atoms with van der Waals surface area (Å²) in [5, 5.41) is 11.8. The van der Waals surface area contributed by atoms with Crippen molar-refractivity contribution < 1.29 is 19.4 Å². The van der Waals surface area contributed by atoms with Crippen molar-refractivity contribution in [2.24, 2.45) is 0 Å². The van der Waals surface area contributed by atoms with Crippen LogP contribution < -0.4 is 4.90 Å². The van der Waals surface area contributed by atoms with E-state index in [9.17, 15) is 14.7 Å². The highest BCUT2D eigenvalue weighted by Gasteiger charge is 2.20. The zero-order valence-corrected chi connectivity index (χ0v) is 15.8. The molecule has 0 radical (unpaired) electrons. The van der Waals surface area contributed by atoms with E-state index in [-0.39, 0.29) is 17.9 Å². The number of anilines is 1. The van der Waals surface area contributed by atoms with Gasteiger partial charge in [-0.2, -0.15) is 0 Å². The van der Waals surface area contributed by atoms with Crippen molar-refractivity contribution in [1.82, 2.24) is 4.98 Å². The van der Waals surface area contributed by atoms with Gasteiger partial charge in [0, 0.05) is 17.5 Å². The Hall–Kier alpha value is -3.45. The highest BCUT2D eigenvalue weighted by atomic mass is 32.1. The third-order valence-electron chi connectivity index (χ3n) is 3.81. The summed E-state index contributed by atoms with van der Waals surface area (Å²) in [4.78, 5) is 30.6. The summed E-state index contributed by atoms with van der Waals surface area (Å²) >= 11 is 1.33. The van der Waals surface area contributed by atoms with Crippen molar-refractivity contribution in [3.8, 4) is 17.0 Å². The lowest BCUT2D eigenvalue weighted by atomic mass is 10.2. The lowest BCUT2D eigenvalue weighted by molar-refractivity contribution is -0.121. The number of benzene rings is 2. The summed E-state index contributed by atoms with van der Waals surface area (Å²) in [6.45, 7) is 3.47. The largest absolute Gasteiger partial charge is 0.508 e. The molecule has 0 aliphatic rings. The number of nitrogens with zero attached hydrogens (tertiary/aromatic N) is 2. The van der Waals surface area contributed by atoms with E-state index in [1.807, 2.05) is 35.7 Å². The van der Waals surface area contributed by atoms with Gasteiger partial charge in [-0.25, -0.2) is 9.78 Å². The van der Waals surface area contributed by atoms with E-state index >= 15 is 0 Å². The fourth-order valence-corrected chi connectivity index (χ4v) is 3.33. The van der Waals surface area contributed by atoms with Crippen LogP contribution in [0.5, 0.6) is 5.75 Å². The minimum atomic E-state index is -0.688. The molecule has 0 spiro atoms. The Kier molecular flexibility index (Phi) is 6.18. The zero-order chi connectivity index (χ0) is 19.9. The molecule has 0 aliphatic carbocycles. The Morgan fingerprint density at radius 1 is 1.18 bits per heavy atom. The fraction of sp³-hybridized carbons (Fsp3) is 0.0952. The van der Waals surface area contributed by atoms with Gasteiger partial charge in [-0.3, -0.25) is 9.69 Å². The number of carbonyl (C=O) groups is 2. The Morgan fingerprint density at radius 2 is 1.96 bits per heavy atom.